The predicted molar refractivity (Wildman–Crippen MR) is 43.7 cm³/mol. The summed E-state index contributed by atoms with van der Waals surface area (Å²) in [4.78, 5) is 31.5. The highest BCUT2D eigenvalue weighted by atomic mass is 31.2. The van der Waals surface area contributed by atoms with Gasteiger partial charge < -0.3 is 19.6 Å². The molecule has 0 radical (unpaired) electrons. The minimum atomic E-state index is -3.90. The van der Waals surface area contributed by atoms with Gasteiger partial charge in [-0.05, 0) is 14.1 Å². The van der Waals surface area contributed by atoms with Crippen LogP contribution in [0.2, 0.25) is 0 Å². The lowest BCUT2D eigenvalue weighted by molar-refractivity contribution is 0.311. The van der Waals surface area contributed by atoms with E-state index < -0.39 is 15.3 Å². The monoisotopic (exact) mass is 221 g/mol. The molecule has 0 aromatic carbocycles. The smallest absolute Gasteiger partial charge is 0.325 e. The van der Waals surface area contributed by atoms with Crippen LogP contribution < -0.4 is 0 Å². The molecule has 0 fully saturated rings. The van der Waals surface area contributed by atoms with Crippen LogP contribution in [0.3, 0.4) is 0 Å². The summed E-state index contributed by atoms with van der Waals surface area (Å²) in [5.74, 6) is 0. The molecule has 0 amide bonds. The number of rotatable bonds is 1. The van der Waals surface area contributed by atoms with Crippen molar-refractivity contribution >= 4 is 15.3 Å². The summed E-state index contributed by atoms with van der Waals surface area (Å²) in [6, 6.07) is 0. The van der Waals surface area contributed by atoms with Crippen LogP contribution in [0.15, 0.2) is 0 Å². The number of nitrogens with zero attached hydrogens (tertiary/aromatic N) is 1. The molecule has 0 spiro atoms. The second-order valence-electron chi connectivity index (χ2n) is 2.20. The third kappa shape index (κ3) is 22.5. The van der Waals surface area contributed by atoms with Gasteiger partial charge in [-0.1, -0.05) is 0 Å². The third-order valence-corrected chi connectivity index (χ3v) is 1.56. The Labute approximate surface area is 70.4 Å². The molecule has 0 aliphatic carbocycles. The Morgan fingerprint density at radius 2 is 1.08 bits per heavy atom. The highest BCUT2D eigenvalue weighted by molar-refractivity contribution is 7.50. The van der Waals surface area contributed by atoms with E-state index in [9.17, 15) is 9.13 Å². The van der Waals surface area contributed by atoms with Crippen molar-refractivity contribution in [2.75, 3.05) is 20.8 Å². The first-order chi connectivity index (χ1) is 4.94. The summed E-state index contributed by atoms with van der Waals surface area (Å²) >= 11 is 0. The fourth-order valence-corrected chi connectivity index (χ4v) is 0. The Bertz CT molecular complexity index is 195. The molecular weight excluding hydrogens is 208 g/mol. The second-order valence-corrected chi connectivity index (χ2v) is 5.69. The molecule has 0 aromatic rings. The molecule has 0 unspecified atom stereocenters. The van der Waals surface area contributed by atoms with Crippen molar-refractivity contribution in [2.24, 2.45) is 0 Å². The average molecular weight is 221 g/mol. The SMILES string of the molecule is CN(C)P(=O)(O)O.CP(=O)(O)O. The molecule has 76 valence electrons. The Hall–Kier alpha value is 0.260. The van der Waals surface area contributed by atoms with Crippen LogP contribution in [0.4, 0.5) is 0 Å². The summed E-state index contributed by atoms with van der Waals surface area (Å²) in [6.07, 6.45) is 0. The molecule has 7 nitrogen and oxygen atoms in total. The Balaban J connectivity index is 0. The van der Waals surface area contributed by atoms with Gasteiger partial charge in [-0.3, -0.25) is 4.57 Å². The van der Waals surface area contributed by atoms with Crippen molar-refractivity contribution < 1.29 is 28.7 Å². The largest absolute Gasteiger partial charge is 0.402 e. The van der Waals surface area contributed by atoms with Gasteiger partial charge in [-0.15, -0.1) is 0 Å². The highest BCUT2D eigenvalue weighted by Gasteiger charge is 2.14. The lowest BCUT2D eigenvalue weighted by Crippen LogP contribution is -2.05. The first kappa shape index (κ1) is 14.8. The fraction of sp³-hybridized carbons (Fsp3) is 1.00. The van der Waals surface area contributed by atoms with Crippen molar-refractivity contribution in [1.29, 1.82) is 0 Å². The van der Waals surface area contributed by atoms with Crippen LogP contribution in [0.5, 0.6) is 0 Å². The minimum absolute atomic E-state index is 0.854. The van der Waals surface area contributed by atoms with Crippen molar-refractivity contribution in [3.05, 3.63) is 0 Å². The van der Waals surface area contributed by atoms with Crippen molar-refractivity contribution in [3.63, 3.8) is 0 Å². The van der Waals surface area contributed by atoms with E-state index in [1.807, 2.05) is 0 Å². The highest BCUT2D eigenvalue weighted by Crippen LogP contribution is 2.35. The van der Waals surface area contributed by atoms with Gasteiger partial charge in [-0.25, -0.2) is 9.24 Å². The van der Waals surface area contributed by atoms with E-state index in [-0.39, 0.29) is 0 Å². The first-order valence-corrected chi connectivity index (χ1v) is 6.33. The molecule has 0 rings (SSSR count). The number of hydrogen-bond acceptors (Lipinski definition) is 2. The van der Waals surface area contributed by atoms with Crippen molar-refractivity contribution in [3.8, 4) is 0 Å². The van der Waals surface area contributed by atoms with Crippen molar-refractivity contribution in [2.45, 2.75) is 0 Å². The molecule has 0 atom stereocenters. The van der Waals surface area contributed by atoms with Crippen molar-refractivity contribution in [1.82, 2.24) is 4.67 Å². The Morgan fingerprint density at radius 3 is 1.08 bits per heavy atom. The molecule has 0 aliphatic heterocycles. The molecule has 0 heterocycles. The lowest BCUT2D eigenvalue weighted by atomic mass is 11.3. The molecule has 12 heavy (non-hydrogen) atoms. The zero-order valence-electron chi connectivity index (χ0n) is 6.95. The Morgan fingerprint density at radius 1 is 1.00 bits per heavy atom. The molecule has 0 aromatic heterocycles. The molecule has 0 saturated heterocycles. The van der Waals surface area contributed by atoms with Crippen LogP contribution in [0.25, 0.3) is 0 Å². The van der Waals surface area contributed by atoms with Gasteiger partial charge in [0.15, 0.2) is 0 Å². The fourth-order valence-electron chi connectivity index (χ4n) is 0. The van der Waals surface area contributed by atoms with E-state index in [0.717, 1.165) is 11.3 Å². The average Bonchev–Trinajstić information content (AvgIpc) is 1.55. The zero-order chi connectivity index (χ0) is 10.6. The summed E-state index contributed by atoms with van der Waals surface area (Å²) in [7, 11) is -4.90. The third-order valence-electron chi connectivity index (χ3n) is 0.521. The van der Waals surface area contributed by atoms with E-state index in [0.29, 0.717) is 0 Å². The second kappa shape index (κ2) is 5.09. The topological polar surface area (TPSA) is 118 Å². The van der Waals surface area contributed by atoms with Gasteiger partial charge in [0.2, 0.25) is 0 Å². The van der Waals surface area contributed by atoms with Crippen LogP contribution in [-0.4, -0.2) is 45.0 Å². The van der Waals surface area contributed by atoms with Crippen LogP contribution in [-0.2, 0) is 9.13 Å². The van der Waals surface area contributed by atoms with Crippen LogP contribution in [0, 0.1) is 0 Å². The van der Waals surface area contributed by atoms with Gasteiger partial charge in [0.05, 0.1) is 0 Å². The normalized spacial score (nSPS) is 12.3. The van der Waals surface area contributed by atoms with Gasteiger partial charge in [0, 0.05) is 6.66 Å². The molecular formula is C3H13NO6P2. The lowest BCUT2D eigenvalue weighted by Gasteiger charge is -2.09. The maximum Gasteiger partial charge on any atom is 0.402 e. The maximum atomic E-state index is 9.95. The van der Waals surface area contributed by atoms with Crippen LogP contribution in [0.1, 0.15) is 0 Å². The van der Waals surface area contributed by atoms with Gasteiger partial charge in [-0.2, -0.15) is 0 Å². The molecule has 4 N–H and O–H groups in total. The van der Waals surface area contributed by atoms with Gasteiger partial charge in [0.25, 0.3) is 0 Å². The van der Waals surface area contributed by atoms with E-state index in [1.54, 1.807) is 0 Å². The summed E-state index contributed by atoms with van der Waals surface area (Å²) < 4.78 is 20.1. The number of hydrogen-bond donors (Lipinski definition) is 4. The van der Waals surface area contributed by atoms with E-state index in [1.165, 1.54) is 14.1 Å². The summed E-state index contributed by atoms with van der Waals surface area (Å²) in [5.41, 5.74) is 0. The van der Waals surface area contributed by atoms with E-state index in [4.69, 9.17) is 19.6 Å². The molecule has 0 saturated carbocycles. The zero-order valence-corrected chi connectivity index (χ0v) is 8.74. The predicted octanol–water partition coefficient (Wildman–Crippen LogP) is -0.565. The van der Waals surface area contributed by atoms with Gasteiger partial charge >= 0.3 is 15.3 Å². The Kier molecular flexibility index (Phi) is 6.26. The standard InChI is InChI=1S/C2H8NO3P.CH5O3P/c1-3(2)7(4,5)6;1-5(2,3)4/h1-2H3,(H2,4,5,6);1H3,(H2,2,3,4). The summed E-state index contributed by atoms with van der Waals surface area (Å²) in [6.45, 7) is 0.854. The molecule has 0 aliphatic rings. The maximum absolute atomic E-state index is 9.95. The van der Waals surface area contributed by atoms with E-state index in [2.05, 4.69) is 0 Å². The summed E-state index contributed by atoms with van der Waals surface area (Å²) in [5, 5.41) is 0. The first-order valence-electron chi connectivity index (χ1n) is 2.71. The van der Waals surface area contributed by atoms with Crippen LogP contribution >= 0.6 is 15.3 Å². The molecule has 9 heteroatoms. The minimum Gasteiger partial charge on any atom is -0.325 e. The quantitative estimate of drug-likeness (QED) is 0.438. The van der Waals surface area contributed by atoms with E-state index >= 15 is 0 Å². The molecule has 0 bridgehead atoms. The van der Waals surface area contributed by atoms with Gasteiger partial charge in [0.1, 0.15) is 0 Å².